The van der Waals surface area contributed by atoms with Gasteiger partial charge in [-0.2, -0.15) is 0 Å². The molecule has 0 spiro atoms. The Morgan fingerprint density at radius 1 is 1.62 bits per heavy atom. The molecule has 0 fully saturated rings. The van der Waals surface area contributed by atoms with Crippen LogP contribution >= 0.6 is 0 Å². The van der Waals surface area contributed by atoms with Gasteiger partial charge in [0.05, 0.1) is 18.0 Å². The molecule has 0 radical (unpaired) electrons. The van der Waals surface area contributed by atoms with Crippen molar-refractivity contribution in [3.05, 3.63) is 30.1 Å². The monoisotopic (exact) mass is 220 g/mol. The number of pyridine rings is 1. The first-order valence-electron chi connectivity index (χ1n) is 5.29. The van der Waals surface area contributed by atoms with Crippen molar-refractivity contribution >= 4 is 17.7 Å². The third kappa shape index (κ3) is 4.13. The molecule has 1 aromatic rings. The fraction of sp³-hybridized carbons (Fsp3) is 0.333. The summed E-state index contributed by atoms with van der Waals surface area (Å²) >= 11 is 0. The zero-order chi connectivity index (χ0) is 11.8. The Hall–Kier alpha value is -1.84. The quantitative estimate of drug-likeness (QED) is 0.468. The summed E-state index contributed by atoms with van der Waals surface area (Å²) in [5.41, 5.74) is 6.78. The minimum absolute atomic E-state index is 0.362. The minimum atomic E-state index is -0.362. The second-order valence-electron chi connectivity index (χ2n) is 3.33. The summed E-state index contributed by atoms with van der Waals surface area (Å²) in [6.07, 6.45) is 6.41. The highest BCUT2D eigenvalue weighted by Gasteiger charge is 1.98. The number of aromatic nitrogens is 1. The molecule has 2 N–H and O–H groups in total. The van der Waals surface area contributed by atoms with E-state index in [1.54, 1.807) is 24.4 Å². The van der Waals surface area contributed by atoms with Crippen LogP contribution in [-0.2, 0) is 9.53 Å². The van der Waals surface area contributed by atoms with Crippen LogP contribution < -0.4 is 5.73 Å². The zero-order valence-corrected chi connectivity index (χ0v) is 9.35. The van der Waals surface area contributed by atoms with E-state index in [1.165, 1.54) is 6.08 Å². The summed E-state index contributed by atoms with van der Waals surface area (Å²) < 4.78 is 4.95. The minimum Gasteiger partial charge on any atom is -0.463 e. The number of nitrogens with zero attached hydrogens (tertiary/aromatic N) is 1. The number of nitrogen functional groups attached to an aromatic ring is 1. The van der Waals surface area contributed by atoms with Crippen LogP contribution in [0.2, 0.25) is 0 Å². The van der Waals surface area contributed by atoms with Crippen LogP contribution in [-0.4, -0.2) is 17.6 Å². The third-order valence-corrected chi connectivity index (χ3v) is 1.99. The average molecular weight is 220 g/mol. The van der Waals surface area contributed by atoms with Gasteiger partial charge in [0.15, 0.2) is 0 Å². The van der Waals surface area contributed by atoms with Gasteiger partial charge in [-0.05, 0) is 24.6 Å². The maximum absolute atomic E-state index is 11.2. The predicted octanol–water partition coefficient (Wildman–Crippen LogP) is 2.02. The van der Waals surface area contributed by atoms with Crippen LogP contribution in [0.15, 0.2) is 24.4 Å². The van der Waals surface area contributed by atoms with E-state index >= 15 is 0 Å². The molecule has 0 saturated heterocycles. The number of nitrogens with two attached hydrogens (primary N) is 1. The molecule has 4 heteroatoms. The van der Waals surface area contributed by atoms with E-state index in [0.29, 0.717) is 18.0 Å². The Morgan fingerprint density at radius 3 is 3.12 bits per heavy atom. The Kier molecular flexibility index (Phi) is 5.05. The molecule has 1 heterocycles. The molecule has 0 atom stereocenters. The summed E-state index contributed by atoms with van der Waals surface area (Å²) in [5.74, 6) is -0.362. The highest BCUT2D eigenvalue weighted by atomic mass is 16.5. The van der Waals surface area contributed by atoms with Crippen molar-refractivity contribution in [3.63, 3.8) is 0 Å². The summed E-state index contributed by atoms with van der Waals surface area (Å²) in [7, 11) is 0. The molecule has 16 heavy (non-hydrogen) atoms. The number of rotatable bonds is 5. The lowest BCUT2D eigenvalue weighted by molar-refractivity contribution is -0.137. The maximum atomic E-state index is 11.2. The van der Waals surface area contributed by atoms with Crippen molar-refractivity contribution < 1.29 is 9.53 Å². The number of ether oxygens (including phenoxy) is 1. The summed E-state index contributed by atoms with van der Waals surface area (Å²) in [5, 5.41) is 0. The predicted molar refractivity (Wildman–Crippen MR) is 63.6 cm³/mol. The van der Waals surface area contributed by atoms with Crippen LogP contribution in [0.1, 0.15) is 25.5 Å². The van der Waals surface area contributed by atoms with E-state index in [-0.39, 0.29) is 5.97 Å². The van der Waals surface area contributed by atoms with Gasteiger partial charge >= 0.3 is 5.97 Å². The molecule has 0 aliphatic rings. The lowest BCUT2D eigenvalue weighted by Crippen LogP contribution is -2.02. The molecule has 1 aromatic heterocycles. The normalized spacial score (nSPS) is 10.6. The molecule has 0 aliphatic carbocycles. The number of carbonyl (C=O) groups is 1. The van der Waals surface area contributed by atoms with Crippen LogP contribution in [0.4, 0.5) is 5.69 Å². The molecular weight excluding hydrogens is 204 g/mol. The van der Waals surface area contributed by atoms with Gasteiger partial charge < -0.3 is 10.5 Å². The van der Waals surface area contributed by atoms with Crippen LogP contribution in [0.25, 0.3) is 6.08 Å². The number of hydrogen-bond donors (Lipinski definition) is 1. The Bertz CT molecular complexity index is 375. The topological polar surface area (TPSA) is 65.2 Å². The van der Waals surface area contributed by atoms with Crippen LogP contribution in [0, 0.1) is 0 Å². The molecular formula is C12H16N2O2. The Balaban J connectivity index is 2.47. The molecule has 0 saturated carbocycles. The molecule has 0 amide bonds. The smallest absolute Gasteiger partial charge is 0.330 e. The number of hydrogen-bond acceptors (Lipinski definition) is 4. The van der Waals surface area contributed by atoms with Gasteiger partial charge in [-0.1, -0.05) is 13.3 Å². The van der Waals surface area contributed by atoms with Gasteiger partial charge in [-0.3, -0.25) is 4.98 Å². The number of anilines is 1. The number of esters is 1. The molecule has 86 valence electrons. The van der Waals surface area contributed by atoms with Gasteiger partial charge in [0.1, 0.15) is 0 Å². The zero-order valence-electron chi connectivity index (χ0n) is 9.35. The van der Waals surface area contributed by atoms with Crippen molar-refractivity contribution in [1.29, 1.82) is 0 Å². The standard InChI is InChI=1S/C12H16N2O2/c1-2-3-9-16-12(15)7-6-11-10(13)5-4-8-14-11/h4-8H,2-3,9,13H2,1H3. The first-order valence-corrected chi connectivity index (χ1v) is 5.29. The van der Waals surface area contributed by atoms with Gasteiger partial charge in [-0.25, -0.2) is 4.79 Å². The fourth-order valence-corrected chi connectivity index (χ4v) is 1.08. The third-order valence-electron chi connectivity index (χ3n) is 1.99. The van der Waals surface area contributed by atoms with Crippen molar-refractivity contribution in [2.24, 2.45) is 0 Å². The van der Waals surface area contributed by atoms with Crippen molar-refractivity contribution in [1.82, 2.24) is 4.98 Å². The SMILES string of the molecule is CCCCOC(=O)C=Cc1ncccc1N. The molecule has 4 nitrogen and oxygen atoms in total. The van der Waals surface area contributed by atoms with Gasteiger partial charge in [-0.15, -0.1) is 0 Å². The van der Waals surface area contributed by atoms with Crippen LogP contribution in [0.3, 0.4) is 0 Å². The van der Waals surface area contributed by atoms with E-state index in [4.69, 9.17) is 10.5 Å². The van der Waals surface area contributed by atoms with Crippen molar-refractivity contribution in [2.45, 2.75) is 19.8 Å². The first kappa shape index (κ1) is 12.2. The maximum Gasteiger partial charge on any atom is 0.330 e. The van der Waals surface area contributed by atoms with E-state index in [1.807, 2.05) is 6.92 Å². The summed E-state index contributed by atoms with van der Waals surface area (Å²) in [6.45, 7) is 2.50. The molecule has 0 aromatic carbocycles. The highest BCUT2D eigenvalue weighted by Crippen LogP contribution is 2.08. The first-order chi connectivity index (χ1) is 7.74. The average Bonchev–Trinajstić information content (AvgIpc) is 2.28. The van der Waals surface area contributed by atoms with Crippen LogP contribution in [0.5, 0.6) is 0 Å². The molecule has 0 unspecified atom stereocenters. The summed E-state index contributed by atoms with van der Waals surface area (Å²) in [4.78, 5) is 15.3. The lowest BCUT2D eigenvalue weighted by Gasteiger charge is -2.00. The number of unbranched alkanes of at least 4 members (excludes halogenated alkanes) is 1. The van der Waals surface area contributed by atoms with Gasteiger partial charge in [0, 0.05) is 12.3 Å². The Labute approximate surface area is 95.1 Å². The van der Waals surface area contributed by atoms with Crippen molar-refractivity contribution in [3.8, 4) is 0 Å². The van der Waals surface area contributed by atoms with E-state index in [9.17, 15) is 4.79 Å². The molecule has 0 bridgehead atoms. The van der Waals surface area contributed by atoms with E-state index in [2.05, 4.69) is 4.98 Å². The molecule has 0 aliphatic heterocycles. The van der Waals surface area contributed by atoms with E-state index in [0.717, 1.165) is 12.8 Å². The van der Waals surface area contributed by atoms with Gasteiger partial charge in [0.25, 0.3) is 0 Å². The highest BCUT2D eigenvalue weighted by molar-refractivity contribution is 5.87. The number of carbonyl (C=O) groups excluding carboxylic acids is 1. The fourth-order valence-electron chi connectivity index (χ4n) is 1.08. The second kappa shape index (κ2) is 6.61. The second-order valence-corrected chi connectivity index (χ2v) is 3.33. The van der Waals surface area contributed by atoms with Crippen molar-refractivity contribution in [2.75, 3.05) is 12.3 Å². The largest absolute Gasteiger partial charge is 0.463 e. The van der Waals surface area contributed by atoms with E-state index < -0.39 is 0 Å². The Morgan fingerprint density at radius 2 is 2.44 bits per heavy atom. The van der Waals surface area contributed by atoms with Gasteiger partial charge in [0.2, 0.25) is 0 Å². The molecule has 1 rings (SSSR count). The summed E-state index contributed by atoms with van der Waals surface area (Å²) in [6, 6.07) is 3.47. The lowest BCUT2D eigenvalue weighted by atomic mass is 10.3.